The third kappa shape index (κ3) is 4.14. The molecule has 27 heavy (non-hydrogen) atoms. The third-order valence-corrected chi connectivity index (χ3v) is 5.34. The molecule has 1 fully saturated rings. The summed E-state index contributed by atoms with van der Waals surface area (Å²) in [7, 11) is 0. The zero-order valence-electron chi connectivity index (χ0n) is 14.6. The number of carbonyl (C=O) groups is 1. The number of amides is 1. The van der Waals surface area contributed by atoms with Crippen LogP contribution in [0.5, 0.6) is 0 Å². The lowest BCUT2D eigenvalue weighted by atomic mass is 9.94. The van der Waals surface area contributed by atoms with Crippen LogP contribution in [0.4, 0.5) is 16.0 Å². The van der Waals surface area contributed by atoms with Crippen LogP contribution in [0.2, 0.25) is 0 Å². The summed E-state index contributed by atoms with van der Waals surface area (Å²) in [5, 5.41) is 6.85. The van der Waals surface area contributed by atoms with Gasteiger partial charge in [0, 0.05) is 36.3 Å². The van der Waals surface area contributed by atoms with Crippen LogP contribution >= 0.6 is 11.3 Å². The van der Waals surface area contributed by atoms with Crippen molar-refractivity contribution >= 4 is 28.9 Å². The van der Waals surface area contributed by atoms with E-state index in [-0.39, 0.29) is 17.6 Å². The maximum atomic E-state index is 13.4. The summed E-state index contributed by atoms with van der Waals surface area (Å²) in [6.07, 6.45) is 3.62. The summed E-state index contributed by atoms with van der Waals surface area (Å²) in [6.45, 7) is 1.41. The molecule has 1 atom stereocenters. The molecule has 138 valence electrons. The van der Waals surface area contributed by atoms with Crippen LogP contribution in [-0.2, 0) is 0 Å². The van der Waals surface area contributed by atoms with Crippen LogP contribution in [0.3, 0.4) is 0 Å². The molecule has 1 amide bonds. The number of benzene rings is 1. The highest BCUT2D eigenvalue weighted by molar-refractivity contribution is 7.08. The van der Waals surface area contributed by atoms with Crippen molar-refractivity contribution in [2.24, 2.45) is 0 Å². The van der Waals surface area contributed by atoms with Crippen LogP contribution in [0.15, 0.2) is 53.4 Å². The summed E-state index contributed by atoms with van der Waals surface area (Å²) in [4.78, 5) is 23.4. The second-order valence-electron chi connectivity index (χ2n) is 6.54. The van der Waals surface area contributed by atoms with Crippen molar-refractivity contribution in [2.45, 2.75) is 18.8 Å². The minimum atomic E-state index is -0.314. The predicted molar refractivity (Wildman–Crippen MR) is 104 cm³/mol. The van der Waals surface area contributed by atoms with Gasteiger partial charge < -0.3 is 10.2 Å². The molecular formula is C20H19FN4OS. The van der Waals surface area contributed by atoms with E-state index in [1.54, 1.807) is 18.3 Å². The van der Waals surface area contributed by atoms with Crippen molar-refractivity contribution in [1.29, 1.82) is 0 Å². The van der Waals surface area contributed by atoms with Crippen molar-refractivity contribution in [3.8, 4) is 0 Å². The van der Waals surface area contributed by atoms with Crippen LogP contribution in [-0.4, -0.2) is 33.9 Å². The molecule has 0 unspecified atom stereocenters. The molecule has 3 heterocycles. The summed E-state index contributed by atoms with van der Waals surface area (Å²) < 4.78 is 13.4. The van der Waals surface area contributed by atoms with Crippen LogP contribution in [0, 0.1) is 5.82 Å². The van der Waals surface area contributed by atoms with Gasteiger partial charge in [-0.15, -0.1) is 0 Å². The van der Waals surface area contributed by atoms with Gasteiger partial charge in [0.2, 0.25) is 5.95 Å². The standard InChI is InChI=1S/C20H19FN4OS/c21-16-4-1-5-17(11-16)23-20-22-8-6-18(24-20)14-3-2-9-25(12-14)19(26)15-7-10-27-13-15/h1,4-8,10-11,13-14H,2-3,9,12H2,(H,22,23,24)/t14-/m1/s1. The fraction of sp³-hybridized carbons (Fsp3) is 0.250. The van der Waals surface area contributed by atoms with E-state index < -0.39 is 0 Å². The summed E-state index contributed by atoms with van der Waals surface area (Å²) >= 11 is 1.53. The first-order valence-corrected chi connectivity index (χ1v) is 9.80. The lowest BCUT2D eigenvalue weighted by molar-refractivity contribution is 0.0706. The average molecular weight is 382 g/mol. The van der Waals surface area contributed by atoms with Gasteiger partial charge in [0.25, 0.3) is 5.91 Å². The highest BCUT2D eigenvalue weighted by Gasteiger charge is 2.26. The van der Waals surface area contributed by atoms with Gasteiger partial charge >= 0.3 is 0 Å². The Balaban J connectivity index is 1.48. The van der Waals surface area contributed by atoms with E-state index in [0.717, 1.165) is 30.6 Å². The van der Waals surface area contributed by atoms with Crippen LogP contribution < -0.4 is 5.32 Å². The first kappa shape index (κ1) is 17.6. The fourth-order valence-electron chi connectivity index (χ4n) is 3.33. The van der Waals surface area contributed by atoms with Gasteiger partial charge in [-0.3, -0.25) is 4.79 Å². The van der Waals surface area contributed by atoms with Crippen molar-refractivity contribution in [2.75, 3.05) is 18.4 Å². The molecule has 1 N–H and O–H groups in total. The maximum Gasteiger partial charge on any atom is 0.254 e. The molecule has 0 radical (unpaired) electrons. The number of rotatable bonds is 4. The molecule has 0 bridgehead atoms. The Hall–Kier alpha value is -2.80. The quantitative estimate of drug-likeness (QED) is 0.725. The SMILES string of the molecule is O=C(c1ccsc1)N1CCC[C@@H](c2ccnc(Nc3cccc(F)c3)n2)C1. The number of halogens is 1. The molecule has 0 spiro atoms. The van der Waals surface area contributed by atoms with E-state index in [9.17, 15) is 9.18 Å². The molecule has 3 aromatic rings. The van der Waals surface area contributed by atoms with Gasteiger partial charge in [0.1, 0.15) is 5.82 Å². The first-order valence-electron chi connectivity index (χ1n) is 8.86. The lowest BCUT2D eigenvalue weighted by Crippen LogP contribution is -2.39. The number of piperidine rings is 1. The third-order valence-electron chi connectivity index (χ3n) is 4.65. The first-order chi connectivity index (χ1) is 13.2. The predicted octanol–water partition coefficient (Wildman–Crippen LogP) is 4.44. The Morgan fingerprint density at radius 2 is 2.22 bits per heavy atom. The Labute approximate surface area is 160 Å². The van der Waals surface area contributed by atoms with Crippen molar-refractivity contribution in [3.63, 3.8) is 0 Å². The zero-order chi connectivity index (χ0) is 18.6. The minimum Gasteiger partial charge on any atom is -0.338 e. The van der Waals surface area contributed by atoms with Crippen molar-refractivity contribution in [1.82, 2.24) is 14.9 Å². The number of hydrogen-bond donors (Lipinski definition) is 1. The number of likely N-dealkylation sites (tertiary alicyclic amines) is 1. The van der Waals surface area contributed by atoms with Gasteiger partial charge in [0.05, 0.1) is 11.3 Å². The number of aromatic nitrogens is 2. The number of anilines is 2. The number of nitrogens with one attached hydrogen (secondary N) is 1. The van der Waals surface area contributed by atoms with Crippen LogP contribution in [0.25, 0.3) is 0 Å². The van der Waals surface area contributed by atoms with Gasteiger partial charge in [-0.05, 0) is 48.6 Å². The van der Waals surface area contributed by atoms with E-state index in [4.69, 9.17) is 0 Å². The van der Waals surface area contributed by atoms with E-state index in [2.05, 4.69) is 15.3 Å². The summed E-state index contributed by atoms with van der Waals surface area (Å²) in [5.41, 5.74) is 2.24. The molecule has 1 aromatic carbocycles. The molecule has 4 rings (SSSR count). The van der Waals surface area contributed by atoms with Crippen molar-refractivity contribution in [3.05, 3.63) is 70.4 Å². The zero-order valence-corrected chi connectivity index (χ0v) is 15.5. The van der Waals surface area contributed by atoms with Gasteiger partial charge in [-0.25, -0.2) is 14.4 Å². The maximum absolute atomic E-state index is 13.4. The topological polar surface area (TPSA) is 58.1 Å². The minimum absolute atomic E-state index is 0.0770. The molecule has 0 saturated carbocycles. The normalized spacial score (nSPS) is 16.9. The fourth-order valence-corrected chi connectivity index (χ4v) is 3.96. The van der Waals surface area contributed by atoms with E-state index in [1.165, 1.54) is 23.5 Å². The van der Waals surface area contributed by atoms with E-state index >= 15 is 0 Å². The number of thiophene rings is 1. The van der Waals surface area contributed by atoms with Gasteiger partial charge in [-0.1, -0.05) is 6.07 Å². The summed E-state index contributed by atoms with van der Waals surface area (Å²) in [5.74, 6) is 0.357. The lowest BCUT2D eigenvalue weighted by Gasteiger charge is -2.32. The Morgan fingerprint density at radius 3 is 3.04 bits per heavy atom. The molecule has 1 aliphatic rings. The van der Waals surface area contributed by atoms with Crippen molar-refractivity contribution < 1.29 is 9.18 Å². The molecule has 7 heteroatoms. The Kier molecular flexibility index (Phi) is 5.11. The summed E-state index contributed by atoms with van der Waals surface area (Å²) in [6, 6.07) is 9.95. The monoisotopic (exact) mass is 382 g/mol. The second-order valence-corrected chi connectivity index (χ2v) is 7.32. The number of hydrogen-bond acceptors (Lipinski definition) is 5. The molecule has 5 nitrogen and oxygen atoms in total. The Bertz CT molecular complexity index is 931. The second kappa shape index (κ2) is 7.84. The highest BCUT2D eigenvalue weighted by atomic mass is 32.1. The highest BCUT2D eigenvalue weighted by Crippen LogP contribution is 2.27. The number of nitrogens with zero attached hydrogens (tertiary/aromatic N) is 3. The van der Waals surface area contributed by atoms with Gasteiger partial charge in [0.15, 0.2) is 0 Å². The molecule has 0 aliphatic carbocycles. The average Bonchev–Trinajstić information content (AvgIpc) is 3.23. The largest absolute Gasteiger partial charge is 0.338 e. The molecular weight excluding hydrogens is 363 g/mol. The molecule has 1 aliphatic heterocycles. The number of carbonyl (C=O) groups excluding carboxylic acids is 1. The van der Waals surface area contributed by atoms with Gasteiger partial charge in [-0.2, -0.15) is 11.3 Å². The van der Waals surface area contributed by atoms with E-state index in [0.29, 0.717) is 18.2 Å². The Morgan fingerprint density at radius 1 is 1.30 bits per heavy atom. The molecule has 2 aromatic heterocycles. The smallest absolute Gasteiger partial charge is 0.254 e. The van der Waals surface area contributed by atoms with Crippen LogP contribution in [0.1, 0.15) is 34.8 Å². The molecule has 1 saturated heterocycles. The van der Waals surface area contributed by atoms with E-state index in [1.807, 2.05) is 27.8 Å².